The summed E-state index contributed by atoms with van der Waals surface area (Å²) in [6, 6.07) is 4.94. The van der Waals surface area contributed by atoms with Crippen molar-refractivity contribution in [1.29, 1.82) is 0 Å². The molecule has 0 fully saturated rings. The predicted molar refractivity (Wildman–Crippen MR) is 64.8 cm³/mol. The fourth-order valence-corrected chi connectivity index (χ4v) is 2.06. The van der Waals surface area contributed by atoms with Crippen molar-refractivity contribution < 1.29 is 15.0 Å². The van der Waals surface area contributed by atoms with Gasteiger partial charge in [0.1, 0.15) is 0 Å². The van der Waals surface area contributed by atoms with E-state index in [9.17, 15) is 9.90 Å². The number of rotatable bonds is 4. The lowest BCUT2D eigenvalue weighted by atomic mass is 10.1. The molecule has 0 aliphatic carbocycles. The number of aliphatic hydroxyl groups is 1. The van der Waals surface area contributed by atoms with Gasteiger partial charge in [0.25, 0.3) is 0 Å². The molecule has 4 nitrogen and oxygen atoms in total. The molecule has 0 saturated heterocycles. The van der Waals surface area contributed by atoms with Gasteiger partial charge in [-0.25, -0.2) is 4.79 Å². The SMILES string of the molecule is CC(O)(CSc1ccc(Cl)cc1N)C(=O)O. The molecule has 1 unspecified atom stereocenters. The van der Waals surface area contributed by atoms with Gasteiger partial charge in [-0.2, -0.15) is 0 Å². The number of nitrogens with two attached hydrogens (primary N) is 1. The monoisotopic (exact) mass is 261 g/mol. The molecule has 88 valence electrons. The third-order valence-electron chi connectivity index (χ3n) is 1.94. The molecule has 0 aromatic heterocycles. The summed E-state index contributed by atoms with van der Waals surface area (Å²) in [7, 11) is 0. The topological polar surface area (TPSA) is 83.5 Å². The van der Waals surface area contributed by atoms with Crippen LogP contribution in [-0.4, -0.2) is 27.5 Å². The highest BCUT2D eigenvalue weighted by Gasteiger charge is 2.30. The molecular weight excluding hydrogens is 250 g/mol. The number of aliphatic carboxylic acids is 1. The van der Waals surface area contributed by atoms with Gasteiger partial charge < -0.3 is 15.9 Å². The largest absolute Gasteiger partial charge is 0.479 e. The summed E-state index contributed by atoms with van der Waals surface area (Å²) < 4.78 is 0. The van der Waals surface area contributed by atoms with Gasteiger partial charge in [0, 0.05) is 21.4 Å². The number of benzene rings is 1. The number of hydrogen-bond donors (Lipinski definition) is 3. The molecule has 0 saturated carbocycles. The second-order valence-electron chi connectivity index (χ2n) is 3.55. The minimum absolute atomic E-state index is 0.0220. The van der Waals surface area contributed by atoms with Crippen molar-refractivity contribution in [3.05, 3.63) is 23.2 Å². The first-order valence-electron chi connectivity index (χ1n) is 4.46. The Labute approximate surface area is 102 Å². The van der Waals surface area contributed by atoms with Crippen LogP contribution >= 0.6 is 23.4 Å². The van der Waals surface area contributed by atoms with Crippen molar-refractivity contribution in [3.63, 3.8) is 0 Å². The van der Waals surface area contributed by atoms with Gasteiger partial charge >= 0.3 is 5.97 Å². The summed E-state index contributed by atoms with van der Waals surface area (Å²) in [5, 5.41) is 18.7. The van der Waals surface area contributed by atoms with Crippen LogP contribution in [0.1, 0.15) is 6.92 Å². The molecule has 0 bridgehead atoms. The maximum atomic E-state index is 10.7. The third kappa shape index (κ3) is 3.30. The van der Waals surface area contributed by atoms with E-state index in [1.54, 1.807) is 18.2 Å². The molecule has 16 heavy (non-hydrogen) atoms. The summed E-state index contributed by atoms with van der Waals surface area (Å²) in [5.74, 6) is -1.23. The first kappa shape index (κ1) is 13.2. The summed E-state index contributed by atoms with van der Waals surface area (Å²) >= 11 is 6.90. The van der Waals surface area contributed by atoms with Crippen LogP contribution in [0.5, 0.6) is 0 Å². The highest BCUT2D eigenvalue weighted by atomic mass is 35.5. The fraction of sp³-hybridized carbons (Fsp3) is 0.300. The van der Waals surface area contributed by atoms with E-state index in [1.165, 1.54) is 18.7 Å². The Morgan fingerprint density at radius 2 is 2.25 bits per heavy atom. The third-order valence-corrected chi connectivity index (χ3v) is 3.57. The van der Waals surface area contributed by atoms with Crippen LogP contribution in [0.4, 0.5) is 5.69 Å². The van der Waals surface area contributed by atoms with E-state index >= 15 is 0 Å². The van der Waals surface area contributed by atoms with Crippen LogP contribution in [-0.2, 0) is 4.79 Å². The van der Waals surface area contributed by atoms with Crippen LogP contribution in [0.3, 0.4) is 0 Å². The van der Waals surface area contributed by atoms with Crippen LogP contribution < -0.4 is 5.73 Å². The lowest BCUT2D eigenvalue weighted by molar-refractivity contribution is -0.154. The average molecular weight is 262 g/mol. The Bertz CT molecular complexity index is 409. The van der Waals surface area contributed by atoms with Crippen LogP contribution in [0.15, 0.2) is 23.1 Å². The molecule has 6 heteroatoms. The van der Waals surface area contributed by atoms with Gasteiger partial charge in [0.05, 0.1) is 0 Å². The molecule has 1 rings (SSSR count). The summed E-state index contributed by atoms with van der Waals surface area (Å²) in [5.41, 5.74) is 4.40. The maximum Gasteiger partial charge on any atom is 0.336 e. The highest BCUT2D eigenvalue weighted by molar-refractivity contribution is 7.99. The standard InChI is InChI=1S/C10H12ClNO3S/c1-10(15,9(13)14)5-16-8-3-2-6(11)4-7(8)12/h2-4,15H,5,12H2,1H3,(H,13,14). The lowest BCUT2D eigenvalue weighted by Crippen LogP contribution is -2.37. The number of thioether (sulfide) groups is 1. The van der Waals surface area contributed by atoms with Crippen molar-refractivity contribution in [3.8, 4) is 0 Å². The fourth-order valence-electron chi connectivity index (χ4n) is 0.931. The van der Waals surface area contributed by atoms with Gasteiger partial charge in [-0.05, 0) is 25.1 Å². The Hall–Kier alpha value is -0.910. The molecule has 1 aromatic carbocycles. The first-order chi connectivity index (χ1) is 7.33. The molecule has 0 radical (unpaired) electrons. The van der Waals surface area contributed by atoms with Crippen LogP contribution in [0.25, 0.3) is 0 Å². The molecule has 0 amide bonds. The first-order valence-corrected chi connectivity index (χ1v) is 5.83. The number of carboxylic acid groups (broad SMARTS) is 1. The van der Waals surface area contributed by atoms with E-state index < -0.39 is 11.6 Å². The van der Waals surface area contributed by atoms with E-state index in [-0.39, 0.29) is 5.75 Å². The predicted octanol–water partition coefficient (Wildman–Crippen LogP) is 1.85. The van der Waals surface area contributed by atoms with Gasteiger partial charge in [-0.3, -0.25) is 0 Å². The van der Waals surface area contributed by atoms with Crippen molar-refractivity contribution in [2.75, 3.05) is 11.5 Å². The number of anilines is 1. The minimum atomic E-state index is -1.77. The number of halogens is 1. The van der Waals surface area contributed by atoms with Crippen LogP contribution in [0, 0.1) is 0 Å². The summed E-state index contributed by atoms with van der Waals surface area (Å²) in [6.45, 7) is 1.24. The lowest BCUT2D eigenvalue weighted by Gasteiger charge is -2.17. The second-order valence-corrected chi connectivity index (χ2v) is 5.00. The minimum Gasteiger partial charge on any atom is -0.479 e. The number of nitrogen functional groups attached to an aromatic ring is 1. The molecule has 4 N–H and O–H groups in total. The number of carboxylic acids is 1. The zero-order valence-corrected chi connectivity index (χ0v) is 10.2. The molecule has 0 spiro atoms. The average Bonchev–Trinajstić information content (AvgIpc) is 2.16. The zero-order chi connectivity index (χ0) is 12.3. The van der Waals surface area contributed by atoms with Gasteiger partial charge in [0.2, 0.25) is 0 Å². The van der Waals surface area contributed by atoms with Crippen molar-refractivity contribution in [2.24, 2.45) is 0 Å². The summed E-state index contributed by atoms with van der Waals surface area (Å²) in [4.78, 5) is 11.4. The maximum absolute atomic E-state index is 10.7. The molecule has 1 aromatic rings. The summed E-state index contributed by atoms with van der Waals surface area (Å²) in [6.07, 6.45) is 0. The Balaban J connectivity index is 2.72. The Kier molecular flexibility index (Phi) is 4.07. The van der Waals surface area contributed by atoms with Crippen molar-refractivity contribution >= 4 is 35.0 Å². The number of carbonyl (C=O) groups is 1. The number of hydrogen-bond acceptors (Lipinski definition) is 4. The molecule has 0 heterocycles. The van der Waals surface area contributed by atoms with E-state index in [0.717, 1.165) is 0 Å². The van der Waals surface area contributed by atoms with E-state index in [0.29, 0.717) is 15.6 Å². The quantitative estimate of drug-likeness (QED) is 0.569. The second kappa shape index (κ2) is 4.95. The molecule has 1 atom stereocenters. The van der Waals surface area contributed by atoms with E-state index in [1.807, 2.05) is 0 Å². The van der Waals surface area contributed by atoms with Gasteiger partial charge in [-0.15, -0.1) is 11.8 Å². The van der Waals surface area contributed by atoms with Crippen molar-refractivity contribution in [1.82, 2.24) is 0 Å². The Morgan fingerprint density at radius 3 is 2.75 bits per heavy atom. The molecule has 0 aliphatic heterocycles. The van der Waals surface area contributed by atoms with Gasteiger partial charge in [0.15, 0.2) is 5.60 Å². The molecular formula is C10H12ClNO3S. The molecule has 0 aliphatic rings. The van der Waals surface area contributed by atoms with Crippen LogP contribution in [0.2, 0.25) is 5.02 Å². The van der Waals surface area contributed by atoms with Gasteiger partial charge in [-0.1, -0.05) is 11.6 Å². The van der Waals surface area contributed by atoms with E-state index in [2.05, 4.69) is 0 Å². The smallest absolute Gasteiger partial charge is 0.336 e. The Morgan fingerprint density at radius 1 is 1.62 bits per heavy atom. The van der Waals surface area contributed by atoms with Crippen molar-refractivity contribution in [2.45, 2.75) is 17.4 Å². The van der Waals surface area contributed by atoms with E-state index in [4.69, 9.17) is 22.4 Å². The highest BCUT2D eigenvalue weighted by Crippen LogP contribution is 2.29. The zero-order valence-electron chi connectivity index (χ0n) is 8.61. The normalized spacial score (nSPS) is 14.4.